The molecule has 0 aliphatic carbocycles. The zero-order chi connectivity index (χ0) is 14.8. The van der Waals surface area contributed by atoms with Crippen molar-refractivity contribution in [1.29, 1.82) is 0 Å². The van der Waals surface area contributed by atoms with E-state index < -0.39 is 5.54 Å². The monoisotopic (exact) mass is 276 g/mol. The summed E-state index contributed by atoms with van der Waals surface area (Å²) in [4.78, 5) is 26.3. The van der Waals surface area contributed by atoms with Gasteiger partial charge in [0.15, 0.2) is 0 Å². The van der Waals surface area contributed by atoms with Crippen LogP contribution >= 0.6 is 0 Å². The van der Waals surface area contributed by atoms with Gasteiger partial charge >= 0.3 is 0 Å². The average Bonchev–Trinajstić information content (AvgIpc) is 2.42. The highest BCUT2D eigenvalue weighted by molar-refractivity contribution is 6.00. The molecular weight excluding hydrogens is 256 g/mol. The van der Waals surface area contributed by atoms with E-state index in [0.29, 0.717) is 25.3 Å². The molecule has 2 rings (SSSR count). The Labute approximate surface area is 118 Å². The molecule has 0 aromatic heterocycles. The number of amides is 2. The molecule has 1 aromatic carbocycles. The molecule has 1 N–H and O–H groups in total. The molecule has 1 aliphatic heterocycles. The van der Waals surface area contributed by atoms with Crippen molar-refractivity contribution in [3.63, 3.8) is 0 Å². The number of methoxy groups -OCH3 is 1. The number of hydrogen-bond acceptors (Lipinski definition) is 3. The molecule has 0 radical (unpaired) electrons. The molecule has 108 valence electrons. The Balaban J connectivity index is 2.33. The second-order valence-corrected chi connectivity index (χ2v) is 5.36. The highest BCUT2D eigenvalue weighted by Gasteiger charge is 2.41. The molecule has 1 saturated heterocycles. The Bertz CT molecular complexity index is 526. The minimum absolute atomic E-state index is 0.124. The van der Waals surface area contributed by atoms with Crippen LogP contribution in [0.1, 0.15) is 29.8 Å². The van der Waals surface area contributed by atoms with Gasteiger partial charge in [0, 0.05) is 25.8 Å². The van der Waals surface area contributed by atoms with E-state index in [1.165, 1.54) is 0 Å². The molecule has 0 atom stereocenters. The van der Waals surface area contributed by atoms with Gasteiger partial charge in [0.25, 0.3) is 5.91 Å². The number of nitrogens with one attached hydrogen (secondary N) is 1. The highest BCUT2D eigenvalue weighted by Crippen LogP contribution is 2.22. The van der Waals surface area contributed by atoms with Crippen molar-refractivity contribution in [3.05, 3.63) is 35.4 Å². The molecule has 1 aliphatic rings. The van der Waals surface area contributed by atoms with Crippen LogP contribution in [0.5, 0.6) is 0 Å². The first kappa shape index (κ1) is 14.5. The fourth-order valence-corrected chi connectivity index (χ4v) is 2.41. The van der Waals surface area contributed by atoms with Crippen molar-refractivity contribution in [1.82, 2.24) is 10.2 Å². The van der Waals surface area contributed by atoms with Gasteiger partial charge in [-0.05, 0) is 25.5 Å². The van der Waals surface area contributed by atoms with Gasteiger partial charge in [0.1, 0.15) is 5.54 Å². The van der Waals surface area contributed by atoms with Crippen molar-refractivity contribution in [3.8, 4) is 0 Å². The first-order valence-electron chi connectivity index (χ1n) is 6.65. The lowest BCUT2D eigenvalue weighted by Crippen LogP contribution is -2.63. The first-order valence-corrected chi connectivity index (χ1v) is 6.65. The lowest BCUT2D eigenvalue weighted by Gasteiger charge is -2.41. The average molecular weight is 276 g/mol. The molecule has 0 spiro atoms. The molecule has 0 saturated carbocycles. The van der Waals surface area contributed by atoms with Crippen LogP contribution in [0.25, 0.3) is 0 Å². The van der Waals surface area contributed by atoms with Gasteiger partial charge in [-0.15, -0.1) is 0 Å². The number of benzene rings is 1. The number of hydrogen-bond donors (Lipinski definition) is 1. The maximum Gasteiger partial charge on any atom is 0.255 e. The van der Waals surface area contributed by atoms with Crippen molar-refractivity contribution in [2.24, 2.45) is 0 Å². The molecule has 1 aromatic rings. The highest BCUT2D eigenvalue weighted by atomic mass is 16.5. The summed E-state index contributed by atoms with van der Waals surface area (Å²) in [6.07, 6.45) is 0. The quantitative estimate of drug-likeness (QED) is 0.902. The van der Waals surface area contributed by atoms with Gasteiger partial charge in [0.2, 0.25) is 5.91 Å². The molecule has 0 bridgehead atoms. The zero-order valence-electron chi connectivity index (χ0n) is 12.1. The van der Waals surface area contributed by atoms with Gasteiger partial charge in [0.05, 0.1) is 6.61 Å². The summed E-state index contributed by atoms with van der Waals surface area (Å²) in [6, 6.07) is 7.34. The molecule has 1 fully saturated rings. The van der Waals surface area contributed by atoms with Gasteiger partial charge < -0.3 is 15.0 Å². The second-order valence-electron chi connectivity index (χ2n) is 5.36. The third-order valence-electron chi connectivity index (χ3n) is 3.64. The summed E-state index contributed by atoms with van der Waals surface area (Å²) in [5, 5.41) is 2.79. The van der Waals surface area contributed by atoms with Crippen molar-refractivity contribution < 1.29 is 14.3 Å². The molecule has 0 unspecified atom stereocenters. The molecule has 5 heteroatoms. The van der Waals surface area contributed by atoms with E-state index >= 15 is 0 Å². The van der Waals surface area contributed by atoms with Crippen molar-refractivity contribution in [2.45, 2.75) is 26.0 Å². The van der Waals surface area contributed by atoms with Crippen molar-refractivity contribution in [2.75, 3.05) is 20.2 Å². The number of carbonyl (C=O) groups excluding carboxylic acids is 2. The van der Waals surface area contributed by atoms with E-state index in [1.54, 1.807) is 31.9 Å². The van der Waals surface area contributed by atoms with Gasteiger partial charge in [-0.1, -0.05) is 18.2 Å². The molecular formula is C15H20N2O3. The van der Waals surface area contributed by atoms with Crippen LogP contribution in [0.2, 0.25) is 0 Å². The smallest absolute Gasteiger partial charge is 0.255 e. The van der Waals surface area contributed by atoms with Crippen molar-refractivity contribution >= 4 is 11.8 Å². The summed E-state index contributed by atoms with van der Waals surface area (Å²) in [7, 11) is 1.60. The number of carbonyl (C=O) groups is 2. The standard InChI is InChI=1S/C15H20N2O3/c1-15(2)14(19)16-8-9-17(15)13(18)12-7-5-4-6-11(12)10-20-3/h4-7H,8-10H2,1-3H3,(H,16,19). The van der Waals surface area contributed by atoms with E-state index in [4.69, 9.17) is 4.74 Å². The Hall–Kier alpha value is -1.88. The Morgan fingerprint density at radius 1 is 1.40 bits per heavy atom. The molecule has 1 heterocycles. The molecule has 2 amide bonds. The lowest BCUT2D eigenvalue weighted by molar-refractivity contribution is -0.133. The third kappa shape index (κ3) is 2.54. The van der Waals surface area contributed by atoms with Crippen LogP contribution in [0.3, 0.4) is 0 Å². The van der Waals surface area contributed by atoms with E-state index in [9.17, 15) is 9.59 Å². The van der Waals surface area contributed by atoms with Gasteiger partial charge in [-0.25, -0.2) is 0 Å². The zero-order valence-corrected chi connectivity index (χ0v) is 12.1. The minimum Gasteiger partial charge on any atom is -0.380 e. The van der Waals surface area contributed by atoms with E-state index in [1.807, 2.05) is 18.2 Å². The van der Waals surface area contributed by atoms with Crippen LogP contribution in [0.15, 0.2) is 24.3 Å². The molecule has 20 heavy (non-hydrogen) atoms. The third-order valence-corrected chi connectivity index (χ3v) is 3.64. The van der Waals surface area contributed by atoms with E-state index in [2.05, 4.69) is 5.32 Å². The second kappa shape index (κ2) is 5.63. The lowest BCUT2D eigenvalue weighted by atomic mass is 9.96. The largest absolute Gasteiger partial charge is 0.380 e. The number of ether oxygens (including phenoxy) is 1. The van der Waals surface area contributed by atoms with Crippen LogP contribution in [0, 0.1) is 0 Å². The topological polar surface area (TPSA) is 58.6 Å². The number of rotatable bonds is 3. The van der Waals surface area contributed by atoms with Gasteiger partial charge in [-0.2, -0.15) is 0 Å². The predicted octanol–water partition coefficient (Wildman–Crippen LogP) is 1.18. The first-order chi connectivity index (χ1) is 9.48. The predicted molar refractivity (Wildman–Crippen MR) is 75.3 cm³/mol. The van der Waals surface area contributed by atoms with Crippen LogP contribution < -0.4 is 5.32 Å². The minimum atomic E-state index is -0.838. The fourth-order valence-electron chi connectivity index (χ4n) is 2.41. The number of piperazine rings is 1. The van der Waals surface area contributed by atoms with Crippen LogP contribution in [-0.4, -0.2) is 42.5 Å². The summed E-state index contributed by atoms with van der Waals surface area (Å²) in [5.74, 6) is -0.251. The summed E-state index contributed by atoms with van der Waals surface area (Å²) < 4.78 is 5.13. The Morgan fingerprint density at radius 2 is 2.10 bits per heavy atom. The summed E-state index contributed by atoms with van der Waals surface area (Å²) in [6.45, 7) is 4.90. The Kier molecular flexibility index (Phi) is 4.09. The molecule has 5 nitrogen and oxygen atoms in total. The fraction of sp³-hybridized carbons (Fsp3) is 0.467. The van der Waals surface area contributed by atoms with Crippen LogP contribution in [-0.2, 0) is 16.1 Å². The maximum absolute atomic E-state index is 12.7. The van der Waals surface area contributed by atoms with E-state index in [0.717, 1.165) is 5.56 Å². The summed E-state index contributed by atoms with van der Waals surface area (Å²) >= 11 is 0. The SMILES string of the molecule is COCc1ccccc1C(=O)N1CCNC(=O)C1(C)C. The normalized spacial score (nSPS) is 17.8. The van der Waals surface area contributed by atoms with Crippen LogP contribution in [0.4, 0.5) is 0 Å². The van der Waals surface area contributed by atoms with Gasteiger partial charge in [-0.3, -0.25) is 9.59 Å². The summed E-state index contributed by atoms with van der Waals surface area (Å²) in [5.41, 5.74) is 0.592. The Morgan fingerprint density at radius 3 is 2.80 bits per heavy atom. The maximum atomic E-state index is 12.7. The number of nitrogens with zero attached hydrogens (tertiary/aromatic N) is 1. The van der Waals surface area contributed by atoms with E-state index in [-0.39, 0.29) is 11.8 Å².